The number of halogens is 2. The smallest absolute Gasteiger partial charge is 0.183 e. The molecule has 7 heteroatoms. The number of H-pyrrole nitrogens is 1. The summed E-state index contributed by atoms with van der Waals surface area (Å²) >= 11 is 0. The van der Waals surface area contributed by atoms with Crippen LogP contribution < -0.4 is 5.73 Å². The summed E-state index contributed by atoms with van der Waals surface area (Å²) in [7, 11) is 0. The zero-order chi connectivity index (χ0) is 12.7. The molecule has 0 fully saturated rings. The highest BCUT2D eigenvalue weighted by Gasteiger charge is 2.14. The minimum absolute atomic E-state index is 0.144. The third-order valence-electron chi connectivity index (χ3n) is 2.53. The average Bonchev–Trinajstić information content (AvgIpc) is 2.78. The Labute approximate surface area is 99.7 Å². The first-order valence-corrected chi connectivity index (χ1v) is 5.08. The predicted octanol–water partition coefficient (Wildman–Crippen LogP) is 1.88. The first-order valence-electron chi connectivity index (χ1n) is 5.08. The molecule has 90 valence electrons. The van der Waals surface area contributed by atoms with Gasteiger partial charge in [-0.1, -0.05) is 12.1 Å². The Bertz CT molecular complexity index is 737. The summed E-state index contributed by atoms with van der Waals surface area (Å²) in [6, 6.07) is 4.52. The molecule has 0 bridgehead atoms. The van der Waals surface area contributed by atoms with Crippen LogP contribution in [0.2, 0.25) is 0 Å². The Morgan fingerprint density at radius 3 is 2.78 bits per heavy atom. The lowest BCUT2D eigenvalue weighted by atomic mass is 10.2. The van der Waals surface area contributed by atoms with E-state index in [9.17, 15) is 8.78 Å². The lowest BCUT2D eigenvalue weighted by Gasteiger charge is -1.99. The predicted molar refractivity (Wildman–Crippen MR) is 61.4 cm³/mol. The number of nitrogen functional groups attached to an aromatic ring is 1. The second-order valence-electron chi connectivity index (χ2n) is 3.66. The summed E-state index contributed by atoms with van der Waals surface area (Å²) in [6.45, 7) is 0. The van der Waals surface area contributed by atoms with E-state index in [1.807, 2.05) is 0 Å². The maximum absolute atomic E-state index is 13.5. The number of hydrogen-bond donors (Lipinski definition) is 2. The molecule has 18 heavy (non-hydrogen) atoms. The zero-order valence-electron chi connectivity index (χ0n) is 8.98. The topological polar surface area (TPSA) is 80.5 Å². The van der Waals surface area contributed by atoms with Gasteiger partial charge >= 0.3 is 0 Å². The van der Waals surface area contributed by atoms with E-state index in [1.165, 1.54) is 6.07 Å². The van der Waals surface area contributed by atoms with Crippen molar-refractivity contribution in [3.8, 4) is 11.5 Å². The summed E-state index contributed by atoms with van der Waals surface area (Å²) in [4.78, 5) is 7.57. The molecular weight excluding hydrogens is 240 g/mol. The molecule has 2 heterocycles. The molecule has 1 aromatic carbocycles. The van der Waals surface area contributed by atoms with Crippen molar-refractivity contribution in [1.29, 1.82) is 0 Å². The van der Waals surface area contributed by atoms with Gasteiger partial charge in [0, 0.05) is 5.39 Å². The van der Waals surface area contributed by atoms with Crippen molar-refractivity contribution in [1.82, 2.24) is 20.2 Å². The van der Waals surface area contributed by atoms with Crippen molar-refractivity contribution in [2.45, 2.75) is 0 Å². The molecule has 3 N–H and O–H groups in total. The number of hydrogen-bond acceptors (Lipinski definition) is 4. The highest BCUT2D eigenvalue weighted by atomic mass is 19.1. The van der Waals surface area contributed by atoms with Gasteiger partial charge in [-0.2, -0.15) is 5.10 Å². The van der Waals surface area contributed by atoms with Gasteiger partial charge < -0.3 is 5.73 Å². The van der Waals surface area contributed by atoms with Crippen LogP contribution in [-0.4, -0.2) is 20.2 Å². The van der Waals surface area contributed by atoms with Crippen LogP contribution >= 0.6 is 0 Å². The van der Waals surface area contributed by atoms with Crippen molar-refractivity contribution >= 4 is 16.7 Å². The van der Waals surface area contributed by atoms with Gasteiger partial charge in [0.1, 0.15) is 17.0 Å². The third kappa shape index (κ3) is 1.48. The van der Waals surface area contributed by atoms with Gasteiger partial charge in [-0.25, -0.2) is 18.7 Å². The summed E-state index contributed by atoms with van der Waals surface area (Å²) in [5.74, 6) is -1.26. The van der Waals surface area contributed by atoms with Crippen LogP contribution in [0.5, 0.6) is 0 Å². The van der Waals surface area contributed by atoms with Crippen LogP contribution in [0.15, 0.2) is 24.4 Å². The highest BCUT2D eigenvalue weighted by molar-refractivity contribution is 5.91. The molecule has 0 aliphatic rings. The Morgan fingerprint density at radius 1 is 1.17 bits per heavy atom. The molecular formula is C11H7F2N5. The van der Waals surface area contributed by atoms with Gasteiger partial charge in [0.15, 0.2) is 17.5 Å². The number of nitrogens with zero attached hydrogens (tertiary/aromatic N) is 3. The van der Waals surface area contributed by atoms with Crippen molar-refractivity contribution in [3.05, 3.63) is 36.0 Å². The number of benzene rings is 1. The van der Waals surface area contributed by atoms with E-state index >= 15 is 0 Å². The van der Waals surface area contributed by atoms with Crippen LogP contribution in [0.1, 0.15) is 0 Å². The van der Waals surface area contributed by atoms with Crippen LogP contribution in [0, 0.1) is 11.6 Å². The fourth-order valence-electron chi connectivity index (χ4n) is 1.67. The summed E-state index contributed by atoms with van der Waals surface area (Å²) < 4.78 is 26.4. The van der Waals surface area contributed by atoms with Gasteiger partial charge in [-0.05, 0) is 6.07 Å². The maximum atomic E-state index is 13.5. The molecule has 0 unspecified atom stereocenters. The van der Waals surface area contributed by atoms with E-state index in [0.717, 1.165) is 6.20 Å². The molecule has 0 aliphatic heterocycles. The van der Waals surface area contributed by atoms with Gasteiger partial charge in [0.25, 0.3) is 0 Å². The molecule has 0 saturated heterocycles. The molecule has 0 spiro atoms. The second-order valence-corrected chi connectivity index (χ2v) is 3.66. The molecule has 0 radical (unpaired) electrons. The SMILES string of the molecule is Nc1nc(-c2n[nH]c3c(F)cccc23)ncc1F. The van der Waals surface area contributed by atoms with E-state index in [2.05, 4.69) is 20.2 Å². The first-order chi connectivity index (χ1) is 8.66. The molecule has 0 amide bonds. The van der Waals surface area contributed by atoms with E-state index in [-0.39, 0.29) is 17.2 Å². The van der Waals surface area contributed by atoms with Crippen LogP contribution in [0.25, 0.3) is 22.4 Å². The lowest BCUT2D eigenvalue weighted by Crippen LogP contribution is -1.99. The molecule has 0 saturated carbocycles. The van der Waals surface area contributed by atoms with Gasteiger partial charge in [0.05, 0.1) is 6.20 Å². The van der Waals surface area contributed by atoms with E-state index in [1.54, 1.807) is 12.1 Å². The standard InChI is InChI=1S/C11H7F2N5/c12-6-3-1-2-5-8(6)17-18-9(5)11-15-4-7(13)10(14)16-11/h1-4H,(H,17,18)(H2,14,15,16). The van der Waals surface area contributed by atoms with E-state index in [0.29, 0.717) is 11.1 Å². The van der Waals surface area contributed by atoms with Crippen molar-refractivity contribution in [2.75, 3.05) is 5.73 Å². The number of aromatic nitrogens is 4. The van der Waals surface area contributed by atoms with Gasteiger partial charge in [-0.3, -0.25) is 5.10 Å². The Kier molecular flexibility index (Phi) is 2.19. The van der Waals surface area contributed by atoms with Crippen LogP contribution in [0.4, 0.5) is 14.6 Å². The van der Waals surface area contributed by atoms with Crippen molar-refractivity contribution in [2.24, 2.45) is 0 Å². The minimum atomic E-state index is -0.704. The molecule has 3 aromatic rings. The normalized spacial score (nSPS) is 11.0. The summed E-state index contributed by atoms with van der Waals surface area (Å²) in [6.07, 6.45) is 0.956. The Balaban J connectivity index is 2.25. The number of fused-ring (bicyclic) bond motifs is 1. The number of nitrogens with one attached hydrogen (secondary N) is 1. The monoisotopic (exact) mass is 247 g/mol. The fourth-order valence-corrected chi connectivity index (χ4v) is 1.67. The second kappa shape index (κ2) is 3.73. The van der Waals surface area contributed by atoms with Crippen LogP contribution in [0.3, 0.4) is 0 Å². The van der Waals surface area contributed by atoms with E-state index in [4.69, 9.17) is 5.73 Å². The molecule has 3 rings (SSSR count). The average molecular weight is 247 g/mol. The largest absolute Gasteiger partial charge is 0.381 e. The third-order valence-corrected chi connectivity index (χ3v) is 2.53. The van der Waals surface area contributed by atoms with Crippen LogP contribution in [-0.2, 0) is 0 Å². The molecule has 2 aromatic heterocycles. The molecule has 0 atom stereocenters. The number of anilines is 1. The van der Waals surface area contributed by atoms with Crippen molar-refractivity contribution < 1.29 is 8.78 Å². The molecule has 0 aliphatic carbocycles. The number of nitrogens with two attached hydrogens (primary N) is 1. The zero-order valence-corrected chi connectivity index (χ0v) is 8.98. The maximum Gasteiger partial charge on any atom is 0.183 e. The van der Waals surface area contributed by atoms with Gasteiger partial charge in [-0.15, -0.1) is 0 Å². The first kappa shape index (κ1) is 10.6. The minimum Gasteiger partial charge on any atom is -0.381 e. The Morgan fingerprint density at radius 2 is 2.00 bits per heavy atom. The highest BCUT2D eigenvalue weighted by Crippen LogP contribution is 2.25. The lowest BCUT2D eigenvalue weighted by molar-refractivity contribution is 0.620. The molecule has 5 nitrogen and oxygen atoms in total. The van der Waals surface area contributed by atoms with Crippen molar-refractivity contribution in [3.63, 3.8) is 0 Å². The fraction of sp³-hybridized carbons (Fsp3) is 0. The summed E-state index contributed by atoms with van der Waals surface area (Å²) in [5, 5.41) is 6.99. The van der Waals surface area contributed by atoms with Gasteiger partial charge in [0.2, 0.25) is 0 Å². The number of rotatable bonds is 1. The number of aromatic amines is 1. The quantitative estimate of drug-likeness (QED) is 0.688. The Hall–Kier alpha value is -2.57. The summed E-state index contributed by atoms with van der Waals surface area (Å²) in [5.41, 5.74) is 5.94. The van der Waals surface area contributed by atoms with E-state index < -0.39 is 11.6 Å². The number of para-hydroxylation sites is 1.